The van der Waals surface area contributed by atoms with Gasteiger partial charge in [0.1, 0.15) is 11.5 Å². The predicted molar refractivity (Wildman–Crippen MR) is 115 cm³/mol. The quantitative estimate of drug-likeness (QED) is 0.372. The molecule has 9 heteroatoms. The molecule has 1 heterocycles. The zero-order valence-corrected chi connectivity index (χ0v) is 18.1. The summed E-state index contributed by atoms with van der Waals surface area (Å²) in [7, 11) is 0. The molecule has 0 fully saturated rings. The number of aromatic nitrogens is 1. The highest BCUT2D eigenvalue weighted by Gasteiger charge is 2.30. The number of ether oxygens (including phenoxy) is 2. The van der Waals surface area contributed by atoms with Crippen LogP contribution in [0.2, 0.25) is 0 Å². The Morgan fingerprint density at radius 3 is 2.50 bits per heavy atom. The summed E-state index contributed by atoms with van der Waals surface area (Å²) in [6.07, 6.45) is -1.91. The van der Waals surface area contributed by atoms with E-state index >= 15 is 0 Å². The van der Waals surface area contributed by atoms with Gasteiger partial charge >= 0.3 is 12.1 Å². The molecule has 0 spiro atoms. The molecule has 0 aliphatic carbocycles. The molecule has 1 aromatic heterocycles. The summed E-state index contributed by atoms with van der Waals surface area (Å²) in [5, 5.41) is 11.5. The molecule has 0 aliphatic rings. The van der Waals surface area contributed by atoms with Crippen LogP contribution in [0.1, 0.15) is 29.0 Å². The highest BCUT2D eigenvalue weighted by Crippen LogP contribution is 2.31. The molecule has 170 valence electrons. The first-order chi connectivity index (χ1) is 15.2. The number of hydrogen-bond acceptors (Lipinski definition) is 5. The number of nitrogens with zero attached hydrogens (tertiary/aromatic N) is 1. The number of carboxylic acid groups (broad SMARTS) is 1. The van der Waals surface area contributed by atoms with Crippen molar-refractivity contribution >= 4 is 17.3 Å². The third-order valence-electron chi connectivity index (χ3n) is 4.61. The van der Waals surface area contributed by atoms with Crippen molar-refractivity contribution in [3.05, 3.63) is 64.0 Å². The van der Waals surface area contributed by atoms with E-state index in [1.54, 1.807) is 18.2 Å². The predicted octanol–water partition coefficient (Wildman–Crippen LogP) is 6.00. The largest absolute Gasteiger partial charge is 0.494 e. The van der Waals surface area contributed by atoms with Crippen molar-refractivity contribution in [2.24, 2.45) is 0 Å². The SMILES string of the molecule is Cc1cc(OCCCCc2nc(-c3ccc(C(F)(F)F)cc3)cs2)ccc1OCC(=O)O. The van der Waals surface area contributed by atoms with Gasteiger partial charge in [-0.1, -0.05) is 12.1 Å². The zero-order chi connectivity index (χ0) is 23.1. The Kier molecular flexibility index (Phi) is 7.74. The van der Waals surface area contributed by atoms with Crippen molar-refractivity contribution in [3.8, 4) is 22.8 Å². The van der Waals surface area contributed by atoms with E-state index in [1.165, 1.54) is 23.5 Å². The molecule has 0 aliphatic heterocycles. The van der Waals surface area contributed by atoms with E-state index in [-0.39, 0.29) is 0 Å². The van der Waals surface area contributed by atoms with E-state index in [2.05, 4.69) is 4.98 Å². The summed E-state index contributed by atoms with van der Waals surface area (Å²) in [4.78, 5) is 15.1. The molecule has 0 unspecified atom stereocenters. The van der Waals surface area contributed by atoms with Crippen LogP contribution in [0.4, 0.5) is 13.2 Å². The smallest absolute Gasteiger partial charge is 0.416 e. The Morgan fingerprint density at radius 2 is 1.84 bits per heavy atom. The molecule has 3 rings (SSSR count). The molecule has 0 amide bonds. The molecule has 5 nitrogen and oxygen atoms in total. The fourth-order valence-electron chi connectivity index (χ4n) is 2.97. The van der Waals surface area contributed by atoms with Gasteiger partial charge in [0, 0.05) is 10.9 Å². The van der Waals surface area contributed by atoms with Crippen molar-refractivity contribution in [1.82, 2.24) is 4.98 Å². The maximum atomic E-state index is 12.7. The Labute approximate surface area is 187 Å². The second-order valence-electron chi connectivity index (χ2n) is 7.12. The normalized spacial score (nSPS) is 11.4. The van der Waals surface area contributed by atoms with Crippen LogP contribution in [0.3, 0.4) is 0 Å². The van der Waals surface area contributed by atoms with E-state index in [0.29, 0.717) is 29.4 Å². The number of carbonyl (C=O) groups is 1. The minimum Gasteiger partial charge on any atom is -0.494 e. The molecular formula is C23H22F3NO4S. The summed E-state index contributed by atoms with van der Waals surface area (Å²) < 4.78 is 49.0. The number of hydrogen-bond donors (Lipinski definition) is 1. The van der Waals surface area contributed by atoms with E-state index in [4.69, 9.17) is 14.6 Å². The highest BCUT2D eigenvalue weighted by atomic mass is 32.1. The third kappa shape index (κ3) is 6.71. The van der Waals surface area contributed by atoms with Crippen LogP contribution in [0, 0.1) is 6.92 Å². The summed E-state index contributed by atoms with van der Waals surface area (Å²) >= 11 is 1.49. The molecule has 1 N–H and O–H groups in total. The molecule has 0 saturated heterocycles. The number of benzene rings is 2. The minimum absolute atomic E-state index is 0.390. The van der Waals surface area contributed by atoms with Crippen LogP contribution in [-0.2, 0) is 17.4 Å². The Balaban J connectivity index is 1.42. The van der Waals surface area contributed by atoms with E-state index in [9.17, 15) is 18.0 Å². The summed E-state index contributed by atoms with van der Waals surface area (Å²) in [5.41, 5.74) is 1.46. The second kappa shape index (κ2) is 10.5. The van der Waals surface area contributed by atoms with Crippen molar-refractivity contribution in [2.75, 3.05) is 13.2 Å². The maximum absolute atomic E-state index is 12.7. The van der Waals surface area contributed by atoms with E-state index < -0.39 is 24.3 Å². The van der Waals surface area contributed by atoms with Gasteiger partial charge in [0.15, 0.2) is 6.61 Å². The monoisotopic (exact) mass is 465 g/mol. The standard InChI is InChI=1S/C23H22F3NO4S/c1-15-12-18(9-10-20(15)31-13-22(28)29)30-11-3-2-4-21-27-19(14-32-21)16-5-7-17(8-6-16)23(24,25)26/h5-10,12,14H,2-4,11,13H2,1H3,(H,28,29). The average molecular weight is 465 g/mol. The molecule has 3 aromatic rings. The van der Waals surface area contributed by atoms with Crippen molar-refractivity contribution in [1.29, 1.82) is 0 Å². The molecule has 32 heavy (non-hydrogen) atoms. The number of unbranched alkanes of at least 4 members (excludes halogenated alkanes) is 1. The molecule has 0 atom stereocenters. The van der Waals surface area contributed by atoms with Gasteiger partial charge in [-0.2, -0.15) is 13.2 Å². The first kappa shape index (κ1) is 23.6. The van der Waals surface area contributed by atoms with Crippen molar-refractivity contribution in [2.45, 2.75) is 32.4 Å². The van der Waals surface area contributed by atoms with Crippen LogP contribution < -0.4 is 9.47 Å². The number of carboxylic acids is 1. The van der Waals surface area contributed by atoms with Crippen molar-refractivity contribution in [3.63, 3.8) is 0 Å². The van der Waals surface area contributed by atoms with Gasteiger partial charge in [-0.05, 0) is 62.1 Å². The maximum Gasteiger partial charge on any atom is 0.416 e. The van der Waals surface area contributed by atoms with Crippen LogP contribution in [0.15, 0.2) is 47.8 Å². The highest BCUT2D eigenvalue weighted by molar-refractivity contribution is 7.09. The molecule has 0 bridgehead atoms. The molecular weight excluding hydrogens is 443 g/mol. The lowest BCUT2D eigenvalue weighted by molar-refractivity contribution is -0.139. The topological polar surface area (TPSA) is 68.7 Å². The van der Waals surface area contributed by atoms with Gasteiger partial charge < -0.3 is 14.6 Å². The van der Waals surface area contributed by atoms with Crippen LogP contribution in [-0.4, -0.2) is 29.3 Å². The lowest BCUT2D eigenvalue weighted by Crippen LogP contribution is -2.10. The number of halogens is 3. The Hall–Kier alpha value is -3.07. The Bertz CT molecular complexity index is 1050. The summed E-state index contributed by atoms with van der Waals surface area (Å²) in [6.45, 7) is 1.95. The third-order valence-corrected chi connectivity index (χ3v) is 5.52. The minimum atomic E-state index is -4.34. The van der Waals surface area contributed by atoms with Gasteiger partial charge in [0.25, 0.3) is 0 Å². The van der Waals surface area contributed by atoms with E-state index in [0.717, 1.165) is 42.0 Å². The number of thiazole rings is 1. The van der Waals surface area contributed by atoms with Gasteiger partial charge in [0.2, 0.25) is 0 Å². The Morgan fingerprint density at radius 1 is 1.09 bits per heavy atom. The van der Waals surface area contributed by atoms with Crippen LogP contribution in [0.5, 0.6) is 11.5 Å². The lowest BCUT2D eigenvalue weighted by atomic mass is 10.1. The van der Waals surface area contributed by atoms with Crippen LogP contribution in [0.25, 0.3) is 11.3 Å². The van der Waals surface area contributed by atoms with E-state index in [1.807, 2.05) is 12.3 Å². The second-order valence-corrected chi connectivity index (χ2v) is 8.06. The van der Waals surface area contributed by atoms with Gasteiger partial charge in [-0.3, -0.25) is 0 Å². The van der Waals surface area contributed by atoms with Gasteiger partial charge in [-0.15, -0.1) is 11.3 Å². The number of alkyl halides is 3. The average Bonchev–Trinajstić information content (AvgIpc) is 3.21. The molecule has 2 aromatic carbocycles. The number of aliphatic carboxylic acids is 1. The van der Waals surface area contributed by atoms with Gasteiger partial charge in [-0.25, -0.2) is 9.78 Å². The summed E-state index contributed by atoms with van der Waals surface area (Å²) in [6, 6.07) is 10.2. The molecule has 0 saturated carbocycles. The fraction of sp³-hybridized carbons (Fsp3) is 0.304. The first-order valence-corrected chi connectivity index (χ1v) is 10.8. The van der Waals surface area contributed by atoms with Crippen molar-refractivity contribution < 1.29 is 32.5 Å². The van der Waals surface area contributed by atoms with Gasteiger partial charge in [0.05, 0.1) is 22.9 Å². The molecule has 0 radical (unpaired) electrons. The zero-order valence-electron chi connectivity index (χ0n) is 17.3. The fourth-order valence-corrected chi connectivity index (χ4v) is 3.82. The van der Waals surface area contributed by atoms with Crippen LogP contribution >= 0.6 is 11.3 Å². The first-order valence-electron chi connectivity index (χ1n) is 9.92. The number of aryl methyl sites for hydroxylation is 2. The summed E-state index contributed by atoms with van der Waals surface area (Å²) in [5.74, 6) is 0.160. The lowest BCUT2D eigenvalue weighted by Gasteiger charge is -2.10. The number of rotatable bonds is 10.